The molecule has 0 saturated carbocycles. The first-order chi connectivity index (χ1) is 12.0. The lowest BCUT2D eigenvalue weighted by Crippen LogP contribution is -2.54. The van der Waals surface area contributed by atoms with Gasteiger partial charge in [0.25, 0.3) is 0 Å². The molecule has 0 unspecified atom stereocenters. The molecule has 1 rings (SSSR count). The van der Waals surface area contributed by atoms with Crippen molar-refractivity contribution in [2.75, 3.05) is 0 Å². The normalized spacial score (nSPS) is 13.7. The molecule has 2 atom stereocenters. The Kier molecular flexibility index (Phi) is 7.80. The summed E-state index contributed by atoms with van der Waals surface area (Å²) in [6, 6.07) is 7.93. The topological polar surface area (TPSA) is 84.5 Å². The van der Waals surface area contributed by atoms with Crippen LogP contribution >= 0.6 is 0 Å². The summed E-state index contributed by atoms with van der Waals surface area (Å²) >= 11 is 0. The smallest absolute Gasteiger partial charge is 0.408 e. The van der Waals surface area contributed by atoms with Gasteiger partial charge in [-0.05, 0) is 39.2 Å². The number of benzene rings is 1. The number of ketones is 1. The molecule has 0 heterocycles. The van der Waals surface area contributed by atoms with Crippen molar-refractivity contribution in [2.24, 2.45) is 5.92 Å². The zero-order valence-corrected chi connectivity index (χ0v) is 16.5. The van der Waals surface area contributed by atoms with Crippen LogP contribution in [0, 0.1) is 5.92 Å². The molecular formula is C20H30N2O4. The van der Waals surface area contributed by atoms with E-state index in [1.165, 1.54) is 6.92 Å². The predicted octanol–water partition coefficient (Wildman–Crippen LogP) is 2.85. The third kappa shape index (κ3) is 7.68. The zero-order chi connectivity index (χ0) is 19.9. The van der Waals surface area contributed by atoms with Crippen LogP contribution < -0.4 is 10.6 Å². The summed E-state index contributed by atoms with van der Waals surface area (Å²) in [6.07, 6.45) is -0.369. The van der Waals surface area contributed by atoms with Crippen molar-refractivity contribution in [3.63, 3.8) is 0 Å². The third-order valence-electron chi connectivity index (χ3n) is 3.69. The first-order valence-corrected chi connectivity index (χ1v) is 8.84. The van der Waals surface area contributed by atoms with Gasteiger partial charge in [0.2, 0.25) is 5.91 Å². The molecule has 2 amide bonds. The van der Waals surface area contributed by atoms with Crippen LogP contribution in [0.5, 0.6) is 0 Å². The standard InChI is InChI=1S/C20H30N2O4/c1-13(2)17(14(3)23)22-18(24)16(12-15-10-8-7-9-11-15)21-19(25)26-20(4,5)6/h7-11,13,16-17H,12H2,1-6H3,(H,21,25)(H,22,24)/t16-,17-/m0/s1. The highest BCUT2D eigenvalue weighted by Crippen LogP contribution is 2.10. The molecule has 2 N–H and O–H groups in total. The van der Waals surface area contributed by atoms with Gasteiger partial charge in [-0.3, -0.25) is 9.59 Å². The Hall–Kier alpha value is -2.37. The van der Waals surface area contributed by atoms with E-state index in [9.17, 15) is 14.4 Å². The number of rotatable bonds is 7. The summed E-state index contributed by atoms with van der Waals surface area (Å²) in [5, 5.41) is 5.37. The Bertz CT molecular complexity index is 620. The van der Waals surface area contributed by atoms with Crippen molar-refractivity contribution < 1.29 is 19.1 Å². The van der Waals surface area contributed by atoms with Gasteiger partial charge in [-0.25, -0.2) is 4.79 Å². The van der Waals surface area contributed by atoms with Crippen LogP contribution in [0.25, 0.3) is 0 Å². The average Bonchev–Trinajstić information content (AvgIpc) is 2.50. The van der Waals surface area contributed by atoms with Crippen molar-refractivity contribution in [3.8, 4) is 0 Å². The molecule has 0 saturated heterocycles. The highest BCUT2D eigenvalue weighted by molar-refractivity contribution is 5.91. The Morgan fingerprint density at radius 1 is 1.04 bits per heavy atom. The molecule has 1 aromatic carbocycles. The van der Waals surface area contributed by atoms with Gasteiger partial charge in [0.15, 0.2) is 5.78 Å². The van der Waals surface area contributed by atoms with Crippen LogP contribution in [0.3, 0.4) is 0 Å². The van der Waals surface area contributed by atoms with Gasteiger partial charge < -0.3 is 15.4 Å². The number of hydrogen-bond donors (Lipinski definition) is 2. The van der Waals surface area contributed by atoms with Crippen molar-refractivity contribution in [1.29, 1.82) is 0 Å². The van der Waals surface area contributed by atoms with E-state index in [-0.39, 0.29) is 11.7 Å². The van der Waals surface area contributed by atoms with E-state index >= 15 is 0 Å². The first kappa shape index (κ1) is 21.7. The first-order valence-electron chi connectivity index (χ1n) is 8.84. The number of hydrogen-bond acceptors (Lipinski definition) is 4. The molecule has 0 aliphatic heterocycles. The van der Waals surface area contributed by atoms with E-state index in [0.29, 0.717) is 6.42 Å². The molecule has 6 heteroatoms. The number of ether oxygens (including phenoxy) is 1. The summed E-state index contributed by atoms with van der Waals surface area (Å²) in [6.45, 7) is 10.4. The van der Waals surface area contributed by atoms with Crippen LogP contribution in [0.4, 0.5) is 4.79 Å². The fourth-order valence-electron chi connectivity index (χ4n) is 2.50. The Labute approximate surface area is 155 Å². The quantitative estimate of drug-likeness (QED) is 0.781. The molecule has 0 aromatic heterocycles. The summed E-state index contributed by atoms with van der Waals surface area (Å²) in [4.78, 5) is 36.7. The van der Waals surface area contributed by atoms with E-state index in [1.807, 2.05) is 44.2 Å². The molecule has 0 fully saturated rings. The molecule has 0 aliphatic rings. The second kappa shape index (κ2) is 9.36. The molecule has 0 aliphatic carbocycles. The van der Waals surface area contributed by atoms with E-state index < -0.39 is 29.7 Å². The van der Waals surface area contributed by atoms with Gasteiger partial charge in [-0.1, -0.05) is 44.2 Å². The highest BCUT2D eigenvalue weighted by Gasteiger charge is 2.28. The van der Waals surface area contributed by atoms with Gasteiger partial charge in [-0.2, -0.15) is 0 Å². The number of amides is 2. The highest BCUT2D eigenvalue weighted by atomic mass is 16.6. The van der Waals surface area contributed by atoms with Crippen LogP contribution in [0.1, 0.15) is 47.1 Å². The minimum atomic E-state index is -0.840. The molecule has 1 aromatic rings. The predicted molar refractivity (Wildman–Crippen MR) is 101 cm³/mol. The number of alkyl carbamates (subject to hydrolysis) is 1. The zero-order valence-electron chi connectivity index (χ0n) is 16.5. The van der Waals surface area contributed by atoms with Crippen LogP contribution in [-0.2, 0) is 20.7 Å². The Morgan fingerprint density at radius 3 is 2.08 bits per heavy atom. The maximum Gasteiger partial charge on any atom is 0.408 e. The molecule has 26 heavy (non-hydrogen) atoms. The molecule has 6 nitrogen and oxygen atoms in total. The van der Waals surface area contributed by atoms with E-state index in [0.717, 1.165) is 5.56 Å². The van der Waals surface area contributed by atoms with Gasteiger partial charge in [-0.15, -0.1) is 0 Å². The lowest BCUT2D eigenvalue weighted by molar-refractivity contribution is -0.129. The lowest BCUT2D eigenvalue weighted by atomic mass is 9.99. The van der Waals surface area contributed by atoms with Gasteiger partial charge >= 0.3 is 6.09 Å². The summed E-state index contributed by atoms with van der Waals surface area (Å²) < 4.78 is 5.26. The molecule has 144 valence electrons. The maximum absolute atomic E-state index is 12.7. The molecular weight excluding hydrogens is 332 g/mol. The summed E-state index contributed by atoms with van der Waals surface area (Å²) in [7, 11) is 0. The van der Waals surface area contributed by atoms with Crippen molar-refractivity contribution in [1.82, 2.24) is 10.6 Å². The van der Waals surface area contributed by atoms with Crippen molar-refractivity contribution in [3.05, 3.63) is 35.9 Å². The monoisotopic (exact) mass is 362 g/mol. The van der Waals surface area contributed by atoms with Crippen molar-refractivity contribution >= 4 is 17.8 Å². The van der Waals surface area contributed by atoms with Crippen LogP contribution in [0.15, 0.2) is 30.3 Å². The SMILES string of the molecule is CC(=O)[C@@H](NC(=O)[C@H](Cc1ccccc1)NC(=O)OC(C)(C)C)C(C)C. The minimum Gasteiger partial charge on any atom is -0.444 e. The molecule has 0 bridgehead atoms. The fourth-order valence-corrected chi connectivity index (χ4v) is 2.50. The van der Waals surface area contributed by atoms with Gasteiger partial charge in [0, 0.05) is 6.42 Å². The van der Waals surface area contributed by atoms with E-state index in [4.69, 9.17) is 4.74 Å². The second-order valence-corrected chi connectivity index (χ2v) is 7.73. The van der Waals surface area contributed by atoms with E-state index in [1.54, 1.807) is 20.8 Å². The number of nitrogens with one attached hydrogen (secondary N) is 2. The van der Waals surface area contributed by atoms with Crippen molar-refractivity contribution in [2.45, 2.75) is 65.6 Å². The van der Waals surface area contributed by atoms with Gasteiger partial charge in [0.05, 0.1) is 6.04 Å². The Morgan fingerprint density at radius 2 is 1.62 bits per heavy atom. The largest absolute Gasteiger partial charge is 0.444 e. The summed E-state index contributed by atoms with van der Waals surface area (Å²) in [5.41, 5.74) is 0.227. The number of carbonyl (C=O) groups excluding carboxylic acids is 3. The van der Waals surface area contributed by atoms with Crippen LogP contribution in [0.2, 0.25) is 0 Å². The third-order valence-corrected chi connectivity index (χ3v) is 3.69. The number of carbonyl (C=O) groups is 3. The fraction of sp³-hybridized carbons (Fsp3) is 0.550. The van der Waals surface area contributed by atoms with E-state index in [2.05, 4.69) is 10.6 Å². The Balaban J connectivity index is 2.93. The average molecular weight is 362 g/mol. The summed E-state index contributed by atoms with van der Waals surface area (Å²) in [5.74, 6) is -0.576. The minimum absolute atomic E-state index is 0.0460. The maximum atomic E-state index is 12.7. The van der Waals surface area contributed by atoms with Gasteiger partial charge in [0.1, 0.15) is 11.6 Å². The van der Waals surface area contributed by atoms with Crippen LogP contribution in [-0.4, -0.2) is 35.5 Å². The lowest BCUT2D eigenvalue weighted by Gasteiger charge is -2.26. The number of Topliss-reactive ketones (excluding diaryl/α,β-unsaturated/α-hetero) is 1. The molecule has 0 spiro atoms. The second-order valence-electron chi connectivity index (χ2n) is 7.73. The molecule has 0 radical (unpaired) electrons.